The molecule has 2 aliphatic rings. The molecule has 0 aromatic carbocycles. The normalized spacial score (nSPS) is 40.4. The van der Waals surface area contributed by atoms with Crippen molar-refractivity contribution < 1.29 is 4.43 Å². The van der Waals surface area contributed by atoms with Crippen LogP contribution in [0.25, 0.3) is 0 Å². The van der Waals surface area contributed by atoms with Crippen LogP contribution >= 0.6 is 0 Å². The van der Waals surface area contributed by atoms with Crippen LogP contribution in [0, 0.1) is 11.8 Å². The molecule has 0 aromatic rings. The molecule has 2 saturated carbocycles. The summed E-state index contributed by atoms with van der Waals surface area (Å²) in [6.45, 7) is 11.6. The van der Waals surface area contributed by atoms with Crippen molar-refractivity contribution in [2.45, 2.75) is 63.9 Å². The molecule has 2 fully saturated rings. The number of nitrogens with two attached hydrogens (primary N) is 1. The molecule has 88 valence electrons. The second-order valence-corrected chi connectivity index (χ2v) is 11.6. The summed E-state index contributed by atoms with van der Waals surface area (Å²) in [5, 5.41) is 0.335. The Kier molecular flexibility index (Phi) is 2.57. The molecule has 2 N–H and O–H groups in total. The van der Waals surface area contributed by atoms with Gasteiger partial charge in [0, 0.05) is 12.1 Å². The minimum absolute atomic E-state index is 0.335. The van der Waals surface area contributed by atoms with Crippen molar-refractivity contribution in [3.05, 3.63) is 0 Å². The number of fused-ring (bicyclic) bond motifs is 1. The van der Waals surface area contributed by atoms with Crippen LogP contribution in [0.5, 0.6) is 0 Å². The van der Waals surface area contributed by atoms with Crippen LogP contribution in [0.15, 0.2) is 0 Å². The quantitative estimate of drug-likeness (QED) is 0.736. The van der Waals surface area contributed by atoms with E-state index in [1.54, 1.807) is 0 Å². The Morgan fingerprint density at radius 1 is 1.13 bits per heavy atom. The molecule has 2 nitrogen and oxygen atoms in total. The molecule has 0 bridgehead atoms. The molecule has 2 rings (SSSR count). The van der Waals surface area contributed by atoms with Gasteiger partial charge in [-0.1, -0.05) is 20.8 Å². The molecule has 3 heteroatoms. The highest BCUT2D eigenvalue weighted by Gasteiger charge is 2.55. The van der Waals surface area contributed by atoms with Gasteiger partial charge < -0.3 is 10.2 Å². The molecule has 0 heterocycles. The van der Waals surface area contributed by atoms with E-state index < -0.39 is 8.32 Å². The first-order valence-corrected chi connectivity index (χ1v) is 9.06. The Morgan fingerprint density at radius 2 is 1.60 bits per heavy atom. The molecular formula is C12H25NOSi. The lowest BCUT2D eigenvalue weighted by molar-refractivity contribution is 0.171. The highest BCUT2D eigenvalue weighted by molar-refractivity contribution is 6.74. The highest BCUT2D eigenvalue weighted by atomic mass is 28.4. The van der Waals surface area contributed by atoms with Crippen molar-refractivity contribution in [1.82, 2.24) is 0 Å². The van der Waals surface area contributed by atoms with Crippen molar-refractivity contribution in [2.24, 2.45) is 17.6 Å². The smallest absolute Gasteiger partial charge is 0.192 e. The third-order valence-corrected chi connectivity index (χ3v) is 9.27. The summed E-state index contributed by atoms with van der Waals surface area (Å²) in [6.07, 6.45) is 2.96. The summed E-state index contributed by atoms with van der Waals surface area (Å²) in [5.41, 5.74) is 5.94. The van der Waals surface area contributed by atoms with Crippen LogP contribution in [-0.2, 0) is 4.43 Å². The van der Waals surface area contributed by atoms with Gasteiger partial charge in [0.15, 0.2) is 8.32 Å². The molecule has 2 unspecified atom stereocenters. The van der Waals surface area contributed by atoms with Gasteiger partial charge in [0.05, 0.1) is 0 Å². The van der Waals surface area contributed by atoms with Crippen molar-refractivity contribution >= 4 is 8.32 Å². The van der Waals surface area contributed by atoms with Crippen molar-refractivity contribution in [3.63, 3.8) is 0 Å². The first-order valence-electron chi connectivity index (χ1n) is 6.16. The van der Waals surface area contributed by atoms with Gasteiger partial charge in [0.1, 0.15) is 0 Å². The van der Waals surface area contributed by atoms with Crippen molar-refractivity contribution in [1.29, 1.82) is 0 Å². The van der Waals surface area contributed by atoms with E-state index in [1.165, 1.54) is 12.8 Å². The molecule has 0 radical (unpaired) electrons. The second kappa shape index (κ2) is 3.31. The van der Waals surface area contributed by atoms with E-state index in [4.69, 9.17) is 10.2 Å². The van der Waals surface area contributed by atoms with Crippen LogP contribution < -0.4 is 5.73 Å². The fourth-order valence-electron chi connectivity index (χ4n) is 2.53. The molecule has 15 heavy (non-hydrogen) atoms. The molecule has 0 aromatic heterocycles. The summed E-state index contributed by atoms with van der Waals surface area (Å²) in [6, 6.07) is 0.504. The fourth-order valence-corrected chi connectivity index (χ4v) is 3.91. The van der Waals surface area contributed by atoms with Crippen LogP contribution in [0.3, 0.4) is 0 Å². The van der Waals surface area contributed by atoms with Gasteiger partial charge in [-0.3, -0.25) is 0 Å². The van der Waals surface area contributed by atoms with Gasteiger partial charge >= 0.3 is 0 Å². The Morgan fingerprint density at radius 3 is 2.00 bits per heavy atom. The minimum Gasteiger partial charge on any atom is -0.414 e. The topological polar surface area (TPSA) is 35.2 Å². The van der Waals surface area contributed by atoms with Gasteiger partial charge in [0.25, 0.3) is 0 Å². The van der Waals surface area contributed by atoms with E-state index in [1.807, 2.05) is 0 Å². The molecule has 4 atom stereocenters. The molecular weight excluding hydrogens is 202 g/mol. The average molecular weight is 227 g/mol. The fraction of sp³-hybridized carbons (Fsp3) is 1.00. The maximum Gasteiger partial charge on any atom is 0.192 e. The average Bonchev–Trinajstić information content (AvgIpc) is 2.54. The zero-order valence-corrected chi connectivity index (χ0v) is 11.7. The van der Waals surface area contributed by atoms with Crippen LogP contribution in [0.1, 0.15) is 33.6 Å². The second-order valence-electron chi connectivity index (χ2n) is 6.88. The summed E-state index contributed by atoms with van der Waals surface area (Å²) in [4.78, 5) is 0. The highest BCUT2D eigenvalue weighted by Crippen LogP contribution is 2.53. The van der Waals surface area contributed by atoms with Gasteiger partial charge in [-0.05, 0) is 42.8 Å². The zero-order chi connectivity index (χ0) is 11.4. The lowest BCUT2D eigenvalue weighted by Crippen LogP contribution is -2.44. The lowest BCUT2D eigenvalue weighted by Gasteiger charge is -2.39. The largest absolute Gasteiger partial charge is 0.414 e. The van der Waals surface area contributed by atoms with Crippen LogP contribution in [-0.4, -0.2) is 20.5 Å². The predicted octanol–water partition coefficient (Wildman–Crippen LogP) is 2.74. The predicted molar refractivity (Wildman–Crippen MR) is 66.3 cm³/mol. The molecule has 0 saturated heterocycles. The lowest BCUT2D eigenvalue weighted by atomic mass is 10.2. The number of hydrogen-bond donors (Lipinski definition) is 1. The van der Waals surface area contributed by atoms with E-state index in [9.17, 15) is 0 Å². The summed E-state index contributed by atoms with van der Waals surface area (Å²) >= 11 is 0. The molecule has 0 spiro atoms. The Hall–Kier alpha value is 0.137. The third-order valence-electron chi connectivity index (χ3n) is 4.74. The maximum atomic E-state index is 6.40. The first kappa shape index (κ1) is 11.6. The van der Waals surface area contributed by atoms with Crippen molar-refractivity contribution in [3.8, 4) is 0 Å². The van der Waals surface area contributed by atoms with Crippen molar-refractivity contribution in [2.75, 3.05) is 0 Å². The molecule has 0 aliphatic heterocycles. The van der Waals surface area contributed by atoms with E-state index in [0.717, 1.165) is 11.8 Å². The standard InChI is InChI=1S/C12H25NOSi/c1-12(2,3)15(4,5)14-8-6-9-10(7-8)11(9)13/h8-11H,6-7,13H2,1-5H3/t8?,9-,10+,11?. The van der Waals surface area contributed by atoms with E-state index >= 15 is 0 Å². The minimum atomic E-state index is -1.54. The van der Waals surface area contributed by atoms with Gasteiger partial charge in [-0.15, -0.1) is 0 Å². The summed E-state index contributed by atoms with van der Waals surface area (Å²) < 4.78 is 6.40. The molecule has 0 amide bonds. The maximum absolute atomic E-state index is 6.40. The molecule has 2 aliphatic carbocycles. The van der Waals surface area contributed by atoms with E-state index in [-0.39, 0.29) is 0 Å². The van der Waals surface area contributed by atoms with Gasteiger partial charge in [-0.25, -0.2) is 0 Å². The van der Waals surface area contributed by atoms with Gasteiger partial charge in [-0.2, -0.15) is 0 Å². The first-order chi connectivity index (χ1) is 6.72. The van der Waals surface area contributed by atoms with Crippen LogP contribution in [0.2, 0.25) is 18.1 Å². The van der Waals surface area contributed by atoms with Crippen LogP contribution in [0.4, 0.5) is 0 Å². The summed E-state index contributed by atoms with van der Waals surface area (Å²) in [5.74, 6) is 1.58. The van der Waals surface area contributed by atoms with E-state index in [2.05, 4.69) is 33.9 Å². The SMILES string of the molecule is CC(C)(C)[Si](C)(C)OC1C[C@@H]2C(N)[C@@H]2C1. The monoisotopic (exact) mass is 227 g/mol. The van der Waals surface area contributed by atoms with Gasteiger partial charge in [0.2, 0.25) is 0 Å². The number of rotatable bonds is 2. The third kappa shape index (κ3) is 2.02. The number of hydrogen-bond acceptors (Lipinski definition) is 2. The Bertz CT molecular complexity index is 247. The Balaban J connectivity index is 1.88. The Labute approximate surface area is 94.7 Å². The van der Waals surface area contributed by atoms with E-state index in [0.29, 0.717) is 17.2 Å². The zero-order valence-electron chi connectivity index (χ0n) is 10.7. The summed E-state index contributed by atoms with van der Waals surface area (Å²) in [7, 11) is -1.54.